The minimum absolute atomic E-state index is 0.240. The predicted molar refractivity (Wildman–Crippen MR) is 82.9 cm³/mol. The van der Waals surface area contributed by atoms with Gasteiger partial charge in [0.2, 0.25) is 0 Å². The van der Waals surface area contributed by atoms with Gasteiger partial charge in [0.1, 0.15) is 0 Å². The van der Waals surface area contributed by atoms with Crippen LogP contribution in [-0.2, 0) is 4.74 Å². The zero-order valence-electron chi connectivity index (χ0n) is 11.5. The van der Waals surface area contributed by atoms with Crippen molar-refractivity contribution in [3.8, 4) is 10.8 Å². The van der Waals surface area contributed by atoms with E-state index in [1.54, 1.807) is 31.2 Å². The number of hydrogen-bond acceptors (Lipinski definition) is 6. The summed E-state index contributed by atoms with van der Waals surface area (Å²) < 4.78 is 10.9. The van der Waals surface area contributed by atoms with Crippen molar-refractivity contribution in [2.24, 2.45) is 0 Å². The lowest BCUT2D eigenvalue weighted by atomic mass is 10.2. The molecule has 2 aromatic heterocycles. The van der Waals surface area contributed by atoms with Gasteiger partial charge in [-0.1, -0.05) is 29.8 Å². The molecule has 7 heteroatoms. The van der Waals surface area contributed by atoms with E-state index in [1.165, 1.54) is 11.3 Å². The minimum Gasteiger partial charge on any atom is -0.449 e. The summed E-state index contributed by atoms with van der Waals surface area (Å²) in [6, 6.07) is 10.5. The second kappa shape index (κ2) is 6.29. The fraction of sp³-hybridized carbons (Fsp3) is 0.133. The van der Waals surface area contributed by atoms with E-state index in [1.807, 2.05) is 17.5 Å². The molecule has 0 N–H and O–H groups in total. The third-order valence-corrected chi connectivity index (χ3v) is 4.09. The van der Waals surface area contributed by atoms with E-state index in [9.17, 15) is 4.79 Å². The molecule has 0 amide bonds. The minimum atomic E-state index is -0.662. The van der Waals surface area contributed by atoms with E-state index >= 15 is 0 Å². The number of rotatable bonds is 4. The lowest BCUT2D eigenvalue weighted by Crippen LogP contribution is -2.10. The van der Waals surface area contributed by atoms with Gasteiger partial charge < -0.3 is 9.15 Å². The first-order valence-electron chi connectivity index (χ1n) is 6.48. The van der Waals surface area contributed by atoms with E-state index < -0.39 is 12.1 Å². The van der Waals surface area contributed by atoms with Gasteiger partial charge in [0.05, 0.1) is 15.5 Å². The van der Waals surface area contributed by atoms with Crippen LogP contribution < -0.4 is 0 Å². The smallest absolute Gasteiger partial charge is 0.340 e. The lowest BCUT2D eigenvalue weighted by Gasteiger charge is -2.10. The van der Waals surface area contributed by atoms with Gasteiger partial charge in [-0.15, -0.1) is 21.5 Å². The highest BCUT2D eigenvalue weighted by atomic mass is 35.5. The molecule has 0 saturated heterocycles. The van der Waals surface area contributed by atoms with Crippen molar-refractivity contribution in [1.29, 1.82) is 0 Å². The largest absolute Gasteiger partial charge is 0.449 e. The first-order valence-corrected chi connectivity index (χ1v) is 7.73. The third kappa shape index (κ3) is 3.03. The molecule has 0 radical (unpaired) electrons. The van der Waals surface area contributed by atoms with E-state index in [4.69, 9.17) is 20.8 Å². The van der Waals surface area contributed by atoms with Gasteiger partial charge in [-0.25, -0.2) is 4.79 Å². The van der Waals surface area contributed by atoms with Crippen molar-refractivity contribution >= 4 is 28.9 Å². The van der Waals surface area contributed by atoms with Crippen molar-refractivity contribution in [2.45, 2.75) is 13.0 Å². The van der Waals surface area contributed by atoms with Crippen LogP contribution in [0.2, 0.25) is 5.02 Å². The van der Waals surface area contributed by atoms with Crippen molar-refractivity contribution in [1.82, 2.24) is 10.2 Å². The van der Waals surface area contributed by atoms with Crippen molar-refractivity contribution < 1.29 is 13.9 Å². The van der Waals surface area contributed by atoms with Crippen LogP contribution in [0.3, 0.4) is 0 Å². The second-order valence-electron chi connectivity index (χ2n) is 4.45. The summed E-state index contributed by atoms with van der Waals surface area (Å²) in [6.07, 6.45) is -0.662. The molecule has 3 aromatic rings. The summed E-state index contributed by atoms with van der Waals surface area (Å²) in [4.78, 5) is 13.0. The number of ether oxygens (including phenoxy) is 1. The number of nitrogens with zero attached hydrogens (tertiary/aromatic N) is 2. The van der Waals surface area contributed by atoms with Crippen LogP contribution in [0, 0.1) is 0 Å². The maximum atomic E-state index is 12.1. The molecular formula is C15H11ClN2O3S. The summed E-state index contributed by atoms with van der Waals surface area (Å²) in [5.41, 5.74) is 0.300. The summed E-state index contributed by atoms with van der Waals surface area (Å²) in [5.74, 6) is 0.114. The Morgan fingerprint density at radius 1 is 1.27 bits per heavy atom. The number of carbonyl (C=O) groups is 1. The number of aromatic nitrogens is 2. The van der Waals surface area contributed by atoms with Gasteiger partial charge in [-0.05, 0) is 30.5 Å². The Balaban J connectivity index is 1.74. The topological polar surface area (TPSA) is 65.2 Å². The second-order valence-corrected chi connectivity index (χ2v) is 5.81. The SMILES string of the molecule is C[C@H](OC(=O)c1ccccc1Cl)c1nnc(-c2cccs2)o1. The van der Waals surface area contributed by atoms with E-state index in [0.29, 0.717) is 16.5 Å². The quantitative estimate of drug-likeness (QED) is 0.663. The molecule has 1 atom stereocenters. The number of thiophene rings is 1. The molecule has 0 bridgehead atoms. The van der Waals surface area contributed by atoms with Crippen LogP contribution in [0.4, 0.5) is 0 Å². The third-order valence-electron chi connectivity index (χ3n) is 2.90. The summed E-state index contributed by atoms with van der Waals surface area (Å²) >= 11 is 7.46. The average molecular weight is 335 g/mol. The molecule has 0 unspecified atom stereocenters. The first-order chi connectivity index (χ1) is 10.6. The highest BCUT2D eigenvalue weighted by molar-refractivity contribution is 7.13. The molecule has 5 nitrogen and oxygen atoms in total. The molecule has 0 aliphatic rings. The maximum absolute atomic E-state index is 12.1. The van der Waals surface area contributed by atoms with Gasteiger partial charge >= 0.3 is 5.97 Å². The van der Waals surface area contributed by atoms with Crippen LogP contribution in [0.25, 0.3) is 10.8 Å². The van der Waals surface area contributed by atoms with Gasteiger partial charge in [0.15, 0.2) is 6.10 Å². The molecular weight excluding hydrogens is 324 g/mol. The first kappa shape index (κ1) is 14.7. The van der Waals surface area contributed by atoms with Crippen LogP contribution in [-0.4, -0.2) is 16.2 Å². The van der Waals surface area contributed by atoms with E-state index in [0.717, 1.165) is 4.88 Å². The van der Waals surface area contributed by atoms with Crippen molar-refractivity contribution in [3.05, 3.63) is 58.3 Å². The van der Waals surface area contributed by atoms with Gasteiger partial charge in [0, 0.05) is 0 Å². The Kier molecular flexibility index (Phi) is 4.22. The molecule has 0 fully saturated rings. The Morgan fingerprint density at radius 2 is 2.09 bits per heavy atom. The van der Waals surface area contributed by atoms with Crippen LogP contribution in [0.1, 0.15) is 29.3 Å². The molecule has 0 spiro atoms. The molecule has 0 saturated carbocycles. The van der Waals surface area contributed by atoms with Gasteiger partial charge in [-0.2, -0.15) is 0 Å². The Labute approximate surface area is 135 Å². The fourth-order valence-electron chi connectivity index (χ4n) is 1.80. The molecule has 22 heavy (non-hydrogen) atoms. The van der Waals surface area contributed by atoms with E-state index in [2.05, 4.69) is 10.2 Å². The zero-order valence-corrected chi connectivity index (χ0v) is 13.1. The Bertz CT molecular complexity index is 786. The number of hydrogen-bond donors (Lipinski definition) is 0. The van der Waals surface area contributed by atoms with Crippen LogP contribution >= 0.6 is 22.9 Å². The number of carbonyl (C=O) groups excluding carboxylic acids is 1. The predicted octanol–water partition coefficient (Wildman–Crippen LogP) is 4.37. The highest BCUT2D eigenvalue weighted by Gasteiger charge is 2.21. The molecule has 3 rings (SSSR count). The molecule has 0 aliphatic heterocycles. The number of benzene rings is 1. The van der Waals surface area contributed by atoms with Crippen LogP contribution in [0.15, 0.2) is 46.2 Å². The normalized spacial score (nSPS) is 12.1. The standard InChI is InChI=1S/C15H11ClN2O3S/c1-9(20-15(19)10-5-2-3-6-11(10)16)13-17-18-14(21-13)12-7-4-8-22-12/h2-9H,1H3/t9-/m0/s1. The molecule has 112 valence electrons. The Hall–Kier alpha value is -2.18. The lowest BCUT2D eigenvalue weighted by molar-refractivity contribution is 0.0280. The monoisotopic (exact) mass is 334 g/mol. The van der Waals surface area contributed by atoms with Crippen LogP contribution in [0.5, 0.6) is 0 Å². The Morgan fingerprint density at radius 3 is 2.82 bits per heavy atom. The molecule has 1 aromatic carbocycles. The van der Waals surface area contributed by atoms with Crippen molar-refractivity contribution in [2.75, 3.05) is 0 Å². The summed E-state index contributed by atoms with van der Waals surface area (Å²) in [6.45, 7) is 1.67. The van der Waals surface area contributed by atoms with Gasteiger partial charge in [-0.3, -0.25) is 0 Å². The number of esters is 1. The zero-order chi connectivity index (χ0) is 15.5. The number of halogens is 1. The average Bonchev–Trinajstić information content (AvgIpc) is 3.18. The molecule has 2 heterocycles. The molecule has 0 aliphatic carbocycles. The highest BCUT2D eigenvalue weighted by Crippen LogP contribution is 2.26. The van der Waals surface area contributed by atoms with Gasteiger partial charge in [0.25, 0.3) is 11.8 Å². The summed E-state index contributed by atoms with van der Waals surface area (Å²) in [5, 5.41) is 10.1. The van der Waals surface area contributed by atoms with Crippen molar-refractivity contribution in [3.63, 3.8) is 0 Å². The van der Waals surface area contributed by atoms with E-state index in [-0.39, 0.29) is 5.89 Å². The fourth-order valence-corrected chi connectivity index (χ4v) is 2.66. The summed E-state index contributed by atoms with van der Waals surface area (Å²) in [7, 11) is 0. The maximum Gasteiger partial charge on any atom is 0.340 e.